The quantitative estimate of drug-likeness (QED) is 0.733. The van der Waals surface area contributed by atoms with E-state index in [0.29, 0.717) is 5.91 Å². The molecule has 1 amide bonds. The van der Waals surface area contributed by atoms with Crippen molar-refractivity contribution in [2.45, 2.75) is 19.9 Å². The fourth-order valence-electron chi connectivity index (χ4n) is 2.77. The molecule has 2 fully saturated rings. The molecule has 2 aliphatic heterocycles. The molecule has 5 heteroatoms. The molecule has 1 N–H and O–H groups in total. The summed E-state index contributed by atoms with van der Waals surface area (Å²) in [7, 11) is 0. The van der Waals surface area contributed by atoms with Gasteiger partial charge in [-0.1, -0.05) is 6.92 Å². The Morgan fingerprint density at radius 3 is 2.28 bits per heavy atom. The molecular formula is C13H26N4O. The number of amides is 1. The largest absolute Gasteiger partial charge is 0.339 e. The molecular weight excluding hydrogens is 228 g/mol. The number of piperazine rings is 2. The summed E-state index contributed by atoms with van der Waals surface area (Å²) in [5, 5.41) is 3.29. The van der Waals surface area contributed by atoms with Crippen LogP contribution in [0.4, 0.5) is 0 Å². The lowest BCUT2D eigenvalue weighted by Crippen LogP contribution is -2.56. The van der Waals surface area contributed by atoms with E-state index in [1.807, 2.05) is 4.90 Å². The highest BCUT2D eigenvalue weighted by Crippen LogP contribution is 2.09. The number of hydrogen-bond donors (Lipinski definition) is 1. The number of hydrogen-bond acceptors (Lipinski definition) is 4. The molecule has 5 nitrogen and oxygen atoms in total. The first-order chi connectivity index (χ1) is 8.72. The highest BCUT2D eigenvalue weighted by molar-refractivity contribution is 5.81. The van der Waals surface area contributed by atoms with Crippen molar-refractivity contribution in [1.82, 2.24) is 20.0 Å². The third-order valence-corrected chi connectivity index (χ3v) is 4.19. The Hall–Kier alpha value is -0.650. The molecule has 0 aromatic carbocycles. The summed E-state index contributed by atoms with van der Waals surface area (Å²) in [5.41, 5.74) is 0. The van der Waals surface area contributed by atoms with Crippen LogP contribution in [-0.4, -0.2) is 85.6 Å². The van der Waals surface area contributed by atoms with Gasteiger partial charge in [-0.3, -0.25) is 9.69 Å². The Morgan fingerprint density at radius 2 is 1.72 bits per heavy atom. The number of nitrogens with one attached hydrogen (secondary N) is 1. The molecule has 2 heterocycles. The van der Waals surface area contributed by atoms with E-state index in [1.165, 1.54) is 0 Å². The minimum absolute atomic E-state index is 0.0436. The Morgan fingerprint density at radius 1 is 1.11 bits per heavy atom. The van der Waals surface area contributed by atoms with Crippen molar-refractivity contribution in [3.8, 4) is 0 Å². The number of likely N-dealkylation sites (N-methyl/N-ethyl adjacent to an activating group) is 1. The van der Waals surface area contributed by atoms with Crippen molar-refractivity contribution in [2.24, 2.45) is 0 Å². The summed E-state index contributed by atoms with van der Waals surface area (Å²) in [6.45, 7) is 13.2. The van der Waals surface area contributed by atoms with E-state index in [1.54, 1.807) is 0 Å². The minimum atomic E-state index is 0.0436. The molecule has 0 saturated carbocycles. The minimum Gasteiger partial charge on any atom is -0.339 e. The average molecular weight is 254 g/mol. The van der Waals surface area contributed by atoms with Crippen LogP contribution in [-0.2, 0) is 4.79 Å². The van der Waals surface area contributed by atoms with Gasteiger partial charge in [0, 0.05) is 52.4 Å². The molecule has 0 aliphatic carbocycles. The van der Waals surface area contributed by atoms with Gasteiger partial charge < -0.3 is 15.1 Å². The fourth-order valence-corrected chi connectivity index (χ4v) is 2.77. The third-order valence-electron chi connectivity index (χ3n) is 4.19. The molecule has 2 saturated heterocycles. The molecule has 1 atom stereocenters. The summed E-state index contributed by atoms with van der Waals surface area (Å²) >= 11 is 0. The van der Waals surface area contributed by atoms with Crippen LogP contribution in [0.1, 0.15) is 13.8 Å². The van der Waals surface area contributed by atoms with E-state index >= 15 is 0 Å². The van der Waals surface area contributed by atoms with Crippen LogP contribution < -0.4 is 5.32 Å². The van der Waals surface area contributed by atoms with Crippen molar-refractivity contribution in [2.75, 3.05) is 58.9 Å². The summed E-state index contributed by atoms with van der Waals surface area (Å²) in [6, 6.07) is 0.0436. The van der Waals surface area contributed by atoms with Crippen molar-refractivity contribution in [1.29, 1.82) is 0 Å². The molecule has 104 valence electrons. The van der Waals surface area contributed by atoms with Crippen LogP contribution in [0.15, 0.2) is 0 Å². The number of rotatable bonds is 3. The zero-order valence-corrected chi connectivity index (χ0v) is 11.7. The molecule has 0 spiro atoms. The van der Waals surface area contributed by atoms with Gasteiger partial charge in [-0.05, 0) is 13.5 Å². The Labute approximate surface area is 110 Å². The van der Waals surface area contributed by atoms with Gasteiger partial charge in [-0.15, -0.1) is 0 Å². The van der Waals surface area contributed by atoms with E-state index in [0.717, 1.165) is 58.9 Å². The lowest BCUT2D eigenvalue weighted by atomic mass is 10.2. The summed E-state index contributed by atoms with van der Waals surface area (Å²) in [5.74, 6) is 0.307. The second kappa shape index (κ2) is 6.50. The maximum Gasteiger partial charge on any atom is 0.239 e. The van der Waals surface area contributed by atoms with Gasteiger partial charge in [-0.2, -0.15) is 0 Å². The predicted molar refractivity (Wildman–Crippen MR) is 72.6 cm³/mol. The van der Waals surface area contributed by atoms with Crippen molar-refractivity contribution < 1.29 is 4.79 Å². The van der Waals surface area contributed by atoms with E-state index < -0.39 is 0 Å². The van der Waals surface area contributed by atoms with Crippen molar-refractivity contribution in [3.63, 3.8) is 0 Å². The van der Waals surface area contributed by atoms with Gasteiger partial charge in [-0.25, -0.2) is 0 Å². The average Bonchev–Trinajstić information content (AvgIpc) is 2.47. The molecule has 0 aromatic heterocycles. The van der Waals surface area contributed by atoms with E-state index in [-0.39, 0.29) is 6.04 Å². The molecule has 0 bridgehead atoms. The molecule has 18 heavy (non-hydrogen) atoms. The van der Waals surface area contributed by atoms with Crippen LogP contribution in [0.5, 0.6) is 0 Å². The lowest BCUT2D eigenvalue weighted by Gasteiger charge is -2.39. The van der Waals surface area contributed by atoms with Gasteiger partial charge in [0.05, 0.1) is 6.04 Å². The van der Waals surface area contributed by atoms with E-state index in [4.69, 9.17) is 0 Å². The monoisotopic (exact) mass is 254 g/mol. The van der Waals surface area contributed by atoms with E-state index in [9.17, 15) is 4.79 Å². The first kappa shape index (κ1) is 13.8. The zero-order valence-electron chi connectivity index (χ0n) is 11.7. The standard InChI is InChI=1S/C13H26N4O/c1-3-15-8-10-16(11-9-15)12(2)13(18)17-6-4-14-5-7-17/h12,14H,3-11H2,1-2H3. The van der Waals surface area contributed by atoms with Gasteiger partial charge in [0.1, 0.15) is 0 Å². The van der Waals surface area contributed by atoms with Crippen LogP contribution >= 0.6 is 0 Å². The third kappa shape index (κ3) is 3.22. The Kier molecular flexibility index (Phi) is 4.97. The molecule has 1 unspecified atom stereocenters. The second-order valence-electron chi connectivity index (χ2n) is 5.22. The van der Waals surface area contributed by atoms with Gasteiger partial charge >= 0.3 is 0 Å². The first-order valence-corrected chi connectivity index (χ1v) is 7.18. The topological polar surface area (TPSA) is 38.8 Å². The highest BCUT2D eigenvalue weighted by Gasteiger charge is 2.28. The van der Waals surface area contributed by atoms with Crippen LogP contribution in [0.3, 0.4) is 0 Å². The van der Waals surface area contributed by atoms with Gasteiger partial charge in [0.15, 0.2) is 0 Å². The maximum atomic E-state index is 12.4. The molecule has 2 aliphatic rings. The smallest absolute Gasteiger partial charge is 0.239 e. The molecule has 0 aromatic rings. The van der Waals surface area contributed by atoms with Crippen LogP contribution in [0, 0.1) is 0 Å². The van der Waals surface area contributed by atoms with Gasteiger partial charge in [0.25, 0.3) is 0 Å². The van der Waals surface area contributed by atoms with Crippen LogP contribution in [0.25, 0.3) is 0 Å². The predicted octanol–water partition coefficient (Wildman–Crippen LogP) is -0.556. The second-order valence-corrected chi connectivity index (χ2v) is 5.22. The van der Waals surface area contributed by atoms with Crippen molar-refractivity contribution >= 4 is 5.91 Å². The lowest BCUT2D eigenvalue weighted by molar-refractivity contribution is -0.137. The SMILES string of the molecule is CCN1CCN(C(C)C(=O)N2CCNCC2)CC1. The number of carbonyl (C=O) groups is 1. The summed E-state index contributed by atoms with van der Waals surface area (Å²) in [4.78, 5) is 19.2. The maximum absolute atomic E-state index is 12.4. The van der Waals surface area contributed by atoms with Crippen molar-refractivity contribution in [3.05, 3.63) is 0 Å². The summed E-state index contributed by atoms with van der Waals surface area (Å²) in [6.07, 6.45) is 0. The molecule has 0 radical (unpaired) electrons. The fraction of sp³-hybridized carbons (Fsp3) is 0.923. The first-order valence-electron chi connectivity index (χ1n) is 7.18. The molecule has 2 rings (SSSR count). The Bertz CT molecular complexity index is 270. The van der Waals surface area contributed by atoms with Gasteiger partial charge in [0.2, 0.25) is 5.91 Å². The Balaban J connectivity index is 1.83. The highest BCUT2D eigenvalue weighted by atomic mass is 16.2. The summed E-state index contributed by atoms with van der Waals surface area (Å²) < 4.78 is 0. The number of nitrogens with zero attached hydrogens (tertiary/aromatic N) is 3. The normalized spacial score (nSPS) is 25.1. The number of carbonyl (C=O) groups excluding carboxylic acids is 1. The zero-order chi connectivity index (χ0) is 13.0. The van der Waals surface area contributed by atoms with E-state index in [2.05, 4.69) is 29.0 Å². The van der Waals surface area contributed by atoms with Crippen LogP contribution in [0.2, 0.25) is 0 Å².